The van der Waals surface area contributed by atoms with Gasteiger partial charge in [-0.25, -0.2) is 0 Å². The molecule has 2 heterocycles. The van der Waals surface area contributed by atoms with Crippen LogP contribution in [0.15, 0.2) is 24.0 Å². The van der Waals surface area contributed by atoms with Gasteiger partial charge in [0.2, 0.25) is 6.20 Å². The largest absolute Gasteiger partial charge is 0.293 e. The fourth-order valence-electron chi connectivity index (χ4n) is 4.95. The highest BCUT2D eigenvalue weighted by Gasteiger charge is 2.50. The van der Waals surface area contributed by atoms with Crippen molar-refractivity contribution in [3.05, 3.63) is 35.3 Å². The summed E-state index contributed by atoms with van der Waals surface area (Å²) in [5, 5.41) is 14.3. The van der Waals surface area contributed by atoms with Gasteiger partial charge in [0.1, 0.15) is 6.07 Å². The van der Waals surface area contributed by atoms with Gasteiger partial charge in [0.05, 0.1) is 35.8 Å². The second-order valence-electron chi connectivity index (χ2n) is 7.91. The number of Topliss-reactive ketones (excluding diaryl/α,β-unsaturated/α-hetero) is 1. The molecule has 4 rings (SSSR count). The van der Waals surface area contributed by atoms with Crippen LogP contribution in [0, 0.1) is 23.2 Å². The van der Waals surface area contributed by atoms with E-state index in [-0.39, 0.29) is 28.6 Å². The molecule has 0 unspecified atom stereocenters. The van der Waals surface area contributed by atoms with E-state index in [4.69, 9.17) is 5.10 Å². The molecule has 0 bridgehead atoms. The molecule has 2 aromatic rings. The van der Waals surface area contributed by atoms with Crippen molar-refractivity contribution >= 4 is 5.78 Å². The number of carbonyl (C=O) groups is 1. The lowest BCUT2D eigenvalue weighted by Gasteiger charge is -2.44. The van der Waals surface area contributed by atoms with E-state index in [9.17, 15) is 10.1 Å². The average molecular weight is 350 g/mol. The summed E-state index contributed by atoms with van der Waals surface area (Å²) in [4.78, 5) is 12.5. The molecule has 3 atom stereocenters. The quantitative estimate of drug-likeness (QED) is 0.736. The highest BCUT2D eigenvalue weighted by Crippen LogP contribution is 2.50. The normalized spacial score (nSPS) is 27.5. The summed E-state index contributed by atoms with van der Waals surface area (Å²) in [5.74, 6) is 0.0201. The lowest BCUT2D eigenvalue weighted by molar-refractivity contribution is -0.751. The van der Waals surface area contributed by atoms with Crippen molar-refractivity contribution < 1.29 is 9.48 Å². The molecule has 134 valence electrons. The van der Waals surface area contributed by atoms with Crippen LogP contribution in [0.2, 0.25) is 0 Å². The lowest BCUT2D eigenvalue weighted by atomic mass is 9.58. The molecule has 0 radical (unpaired) electrons. The molecule has 0 aromatic carbocycles. The Labute approximate surface area is 153 Å². The summed E-state index contributed by atoms with van der Waals surface area (Å²) in [6, 6.07) is 2.11. The van der Waals surface area contributed by atoms with Crippen molar-refractivity contribution in [2.75, 3.05) is 0 Å². The predicted octanol–water partition coefficient (Wildman–Crippen LogP) is 1.74. The van der Waals surface area contributed by atoms with E-state index in [0.717, 1.165) is 29.8 Å². The number of rotatable bonds is 1. The third-order valence-corrected chi connectivity index (χ3v) is 6.40. The molecule has 0 N–H and O–H groups in total. The summed E-state index contributed by atoms with van der Waals surface area (Å²) in [5.41, 5.74) is 4.43. The molecular weight excluding hydrogens is 326 g/mol. The van der Waals surface area contributed by atoms with E-state index in [1.807, 2.05) is 48.2 Å². The first kappa shape index (κ1) is 16.8. The minimum Gasteiger partial charge on any atom is -0.293 e. The molecule has 0 saturated carbocycles. The van der Waals surface area contributed by atoms with E-state index >= 15 is 0 Å². The third-order valence-electron chi connectivity index (χ3n) is 6.40. The summed E-state index contributed by atoms with van der Waals surface area (Å²) in [6.07, 6.45) is 7.93. The number of aromatic nitrogens is 4. The molecule has 0 saturated heterocycles. The van der Waals surface area contributed by atoms with Crippen molar-refractivity contribution in [2.45, 2.75) is 32.1 Å². The zero-order valence-electron chi connectivity index (χ0n) is 15.9. The van der Waals surface area contributed by atoms with E-state index in [0.29, 0.717) is 0 Å². The molecular formula is C20H24N5O+. The fraction of sp³-hybridized carbons (Fsp3) is 0.500. The van der Waals surface area contributed by atoms with Crippen LogP contribution in [-0.4, -0.2) is 20.2 Å². The zero-order valence-corrected chi connectivity index (χ0v) is 15.9. The Morgan fingerprint density at radius 2 is 2.15 bits per heavy atom. The van der Waals surface area contributed by atoms with Gasteiger partial charge in [0, 0.05) is 23.9 Å². The topological polar surface area (TPSA) is 67.5 Å². The van der Waals surface area contributed by atoms with Crippen molar-refractivity contribution in [2.24, 2.45) is 33.0 Å². The van der Waals surface area contributed by atoms with Gasteiger partial charge in [-0.15, -0.1) is 4.68 Å². The van der Waals surface area contributed by atoms with Crippen LogP contribution in [0.25, 0.3) is 11.3 Å². The Kier molecular flexibility index (Phi) is 3.49. The zero-order chi connectivity index (χ0) is 18.8. The molecule has 26 heavy (non-hydrogen) atoms. The average Bonchev–Trinajstić information content (AvgIpc) is 3.10. The second-order valence-corrected chi connectivity index (χ2v) is 7.91. The van der Waals surface area contributed by atoms with E-state index < -0.39 is 0 Å². The van der Waals surface area contributed by atoms with Crippen LogP contribution in [-0.2, 0) is 37.8 Å². The van der Waals surface area contributed by atoms with Gasteiger partial charge in [0.15, 0.2) is 12.8 Å². The monoisotopic (exact) mass is 350 g/mol. The smallest absolute Gasteiger partial charge is 0.204 e. The van der Waals surface area contributed by atoms with Crippen molar-refractivity contribution in [3.63, 3.8) is 0 Å². The van der Waals surface area contributed by atoms with Gasteiger partial charge in [0.25, 0.3) is 0 Å². The molecule has 0 amide bonds. The van der Waals surface area contributed by atoms with Gasteiger partial charge < -0.3 is 0 Å². The first-order valence-electron chi connectivity index (χ1n) is 9.04. The predicted molar refractivity (Wildman–Crippen MR) is 95.8 cm³/mol. The number of carbonyl (C=O) groups excluding carboxylic acids is 1. The molecule has 6 nitrogen and oxygen atoms in total. The molecule has 2 aliphatic carbocycles. The summed E-state index contributed by atoms with van der Waals surface area (Å²) >= 11 is 0. The highest BCUT2D eigenvalue weighted by atomic mass is 16.1. The van der Waals surface area contributed by atoms with Crippen LogP contribution < -0.4 is 4.68 Å². The number of nitrogens with zero attached hydrogens (tertiary/aromatic N) is 5. The number of allylic oxidation sites excluding steroid dienone is 2. The van der Waals surface area contributed by atoms with E-state index in [2.05, 4.69) is 25.4 Å². The number of ketones is 1. The maximum atomic E-state index is 12.5. The Bertz CT molecular complexity index is 983. The minimum absolute atomic E-state index is 0.0235. The van der Waals surface area contributed by atoms with Crippen LogP contribution in [0.5, 0.6) is 0 Å². The maximum absolute atomic E-state index is 12.5. The number of hydrogen-bond donors (Lipinski definition) is 0. The van der Waals surface area contributed by atoms with Gasteiger partial charge in [-0.05, 0) is 18.8 Å². The van der Waals surface area contributed by atoms with Crippen molar-refractivity contribution in [1.29, 1.82) is 5.26 Å². The summed E-state index contributed by atoms with van der Waals surface area (Å²) < 4.78 is 6.03. The molecule has 0 spiro atoms. The number of hydrogen-bond acceptors (Lipinski definition) is 3. The fourth-order valence-corrected chi connectivity index (χ4v) is 4.95. The molecule has 2 aromatic heterocycles. The standard InChI is InChI=1S/C20H24N5O/c1-12-16-7-6-15-17(14-10-23(3)24(4)11-14)25(5)22-19(15)20(16,2)8-13(9-21)18(12)26/h8,10-12,16H,6-7H2,1-5H3/q+1/t12-,16-,20-/m0/s1. The van der Waals surface area contributed by atoms with Gasteiger partial charge in [-0.3, -0.25) is 9.48 Å². The first-order valence-corrected chi connectivity index (χ1v) is 9.04. The van der Waals surface area contributed by atoms with Gasteiger partial charge >= 0.3 is 0 Å². The highest BCUT2D eigenvalue weighted by molar-refractivity contribution is 6.02. The Morgan fingerprint density at radius 1 is 1.42 bits per heavy atom. The van der Waals surface area contributed by atoms with Crippen LogP contribution in [0.1, 0.15) is 31.5 Å². The van der Waals surface area contributed by atoms with E-state index in [1.165, 1.54) is 5.56 Å². The molecule has 6 heteroatoms. The SMILES string of the molecule is C[C@@H]1C(=O)C(C#N)=C[C@]2(C)c3nn(C)c(-c4cn(C)[n+](C)c4)c3CC[C@@H]12. The maximum Gasteiger partial charge on any atom is 0.204 e. The lowest BCUT2D eigenvalue weighted by Crippen LogP contribution is -2.45. The van der Waals surface area contributed by atoms with Crippen LogP contribution in [0.3, 0.4) is 0 Å². The molecule has 0 aliphatic heterocycles. The third kappa shape index (κ3) is 2.06. The number of nitriles is 1. The Balaban J connectivity index is 1.94. The summed E-state index contributed by atoms with van der Waals surface area (Å²) in [6.45, 7) is 4.10. The number of fused-ring (bicyclic) bond motifs is 3. The molecule has 0 fully saturated rings. The second kappa shape index (κ2) is 5.41. The Morgan fingerprint density at radius 3 is 2.77 bits per heavy atom. The number of aryl methyl sites for hydroxylation is 3. The van der Waals surface area contributed by atoms with Crippen molar-refractivity contribution in [3.8, 4) is 17.3 Å². The molecule has 2 aliphatic rings. The van der Waals surface area contributed by atoms with Crippen LogP contribution in [0.4, 0.5) is 0 Å². The first-order chi connectivity index (χ1) is 12.3. The van der Waals surface area contributed by atoms with Crippen molar-refractivity contribution in [1.82, 2.24) is 14.5 Å². The van der Waals surface area contributed by atoms with Crippen LogP contribution >= 0.6 is 0 Å². The minimum atomic E-state index is -0.376. The van der Waals surface area contributed by atoms with Gasteiger partial charge in [-0.1, -0.05) is 19.9 Å². The summed E-state index contributed by atoms with van der Waals surface area (Å²) in [7, 11) is 6.01. The van der Waals surface area contributed by atoms with Gasteiger partial charge in [-0.2, -0.15) is 15.0 Å². The van der Waals surface area contributed by atoms with E-state index in [1.54, 1.807) is 0 Å². The Hall–Kier alpha value is -2.68.